The van der Waals surface area contributed by atoms with Crippen molar-refractivity contribution in [3.05, 3.63) is 34.3 Å². The second-order valence-corrected chi connectivity index (χ2v) is 4.01. The molecule has 3 nitrogen and oxygen atoms in total. The molecule has 68 valence electrons. The molecule has 0 saturated heterocycles. The van der Waals surface area contributed by atoms with E-state index in [1.165, 1.54) is 5.56 Å². The van der Waals surface area contributed by atoms with Crippen molar-refractivity contribution < 1.29 is 0 Å². The van der Waals surface area contributed by atoms with Crippen molar-refractivity contribution in [3.63, 3.8) is 0 Å². The van der Waals surface area contributed by atoms with Crippen molar-refractivity contribution in [3.8, 4) is 0 Å². The van der Waals surface area contributed by atoms with Crippen molar-refractivity contribution in [2.45, 2.75) is 11.9 Å². The first-order chi connectivity index (χ1) is 6.38. The Labute approximate surface area is 88.5 Å². The lowest BCUT2D eigenvalue weighted by molar-refractivity contribution is 0.650. The smallest absolute Gasteiger partial charge is 0.0932 e. The SMILES string of the molecule is BrCc1cn(Cc2ccsc2)nn1. The molecule has 0 unspecified atom stereocenters. The topological polar surface area (TPSA) is 30.7 Å². The van der Waals surface area contributed by atoms with Crippen LogP contribution in [-0.2, 0) is 11.9 Å². The van der Waals surface area contributed by atoms with Crippen LogP contribution >= 0.6 is 27.3 Å². The largest absolute Gasteiger partial charge is 0.248 e. The molecule has 5 heteroatoms. The summed E-state index contributed by atoms with van der Waals surface area (Å²) in [5.41, 5.74) is 2.24. The maximum absolute atomic E-state index is 4.00. The second kappa shape index (κ2) is 4.02. The Bertz CT molecular complexity index is 368. The van der Waals surface area contributed by atoms with Crippen LogP contribution in [-0.4, -0.2) is 15.0 Å². The van der Waals surface area contributed by atoms with Crippen LogP contribution in [0.1, 0.15) is 11.3 Å². The molecule has 0 spiro atoms. The summed E-state index contributed by atoms with van der Waals surface area (Å²) < 4.78 is 1.85. The van der Waals surface area contributed by atoms with E-state index in [-0.39, 0.29) is 0 Å². The lowest BCUT2D eigenvalue weighted by Crippen LogP contribution is -1.98. The highest BCUT2D eigenvalue weighted by Crippen LogP contribution is 2.08. The minimum atomic E-state index is 0.761. The van der Waals surface area contributed by atoms with E-state index in [0.29, 0.717) is 0 Å². The summed E-state index contributed by atoms with van der Waals surface area (Å²) in [5.74, 6) is 0. The first-order valence-corrected chi connectivity index (χ1v) is 5.91. The fourth-order valence-electron chi connectivity index (χ4n) is 1.05. The third kappa shape index (κ3) is 2.16. The number of hydrogen-bond acceptors (Lipinski definition) is 3. The number of thiophene rings is 1. The zero-order chi connectivity index (χ0) is 9.10. The third-order valence-electron chi connectivity index (χ3n) is 1.65. The van der Waals surface area contributed by atoms with E-state index in [1.54, 1.807) is 11.3 Å². The molecule has 0 bridgehead atoms. The highest BCUT2D eigenvalue weighted by Gasteiger charge is 1.99. The average molecular weight is 258 g/mol. The molecule has 2 rings (SSSR count). The summed E-state index contributed by atoms with van der Waals surface area (Å²) >= 11 is 5.04. The second-order valence-electron chi connectivity index (χ2n) is 2.67. The summed E-state index contributed by atoms with van der Waals surface area (Å²) in [6.45, 7) is 0.809. The van der Waals surface area contributed by atoms with E-state index >= 15 is 0 Å². The predicted molar refractivity (Wildman–Crippen MR) is 56.1 cm³/mol. The minimum absolute atomic E-state index is 0.761. The molecule has 0 aliphatic rings. The van der Waals surface area contributed by atoms with Gasteiger partial charge in [0.15, 0.2) is 0 Å². The summed E-state index contributed by atoms with van der Waals surface area (Å²) in [6.07, 6.45) is 1.95. The molecule has 0 atom stereocenters. The highest BCUT2D eigenvalue weighted by molar-refractivity contribution is 9.08. The van der Waals surface area contributed by atoms with Gasteiger partial charge in [0.1, 0.15) is 0 Å². The Morgan fingerprint density at radius 2 is 2.46 bits per heavy atom. The fourth-order valence-corrected chi connectivity index (χ4v) is 1.96. The lowest BCUT2D eigenvalue weighted by atomic mass is 10.3. The summed E-state index contributed by atoms with van der Waals surface area (Å²) in [7, 11) is 0. The van der Waals surface area contributed by atoms with Gasteiger partial charge in [0.05, 0.1) is 12.2 Å². The van der Waals surface area contributed by atoms with Crippen LogP contribution < -0.4 is 0 Å². The molecular formula is C8H8BrN3S. The van der Waals surface area contributed by atoms with Crippen LogP contribution in [0.3, 0.4) is 0 Å². The van der Waals surface area contributed by atoms with Crippen LogP contribution in [0.25, 0.3) is 0 Å². The number of hydrogen-bond donors (Lipinski definition) is 0. The predicted octanol–water partition coefficient (Wildman–Crippen LogP) is 2.28. The van der Waals surface area contributed by atoms with Crippen LogP contribution in [0, 0.1) is 0 Å². The molecule has 2 aromatic rings. The zero-order valence-electron chi connectivity index (χ0n) is 6.85. The standard InChI is InChI=1S/C8H8BrN3S/c9-3-8-5-12(11-10-8)4-7-1-2-13-6-7/h1-2,5-6H,3-4H2. The Morgan fingerprint density at radius 3 is 3.08 bits per heavy atom. The maximum Gasteiger partial charge on any atom is 0.0932 e. The van der Waals surface area contributed by atoms with E-state index in [0.717, 1.165) is 17.6 Å². The van der Waals surface area contributed by atoms with E-state index in [2.05, 4.69) is 43.1 Å². The number of aromatic nitrogens is 3. The average Bonchev–Trinajstić information content (AvgIpc) is 2.76. The molecule has 0 fully saturated rings. The molecule has 0 radical (unpaired) electrons. The lowest BCUT2D eigenvalue weighted by Gasteiger charge is -1.94. The van der Waals surface area contributed by atoms with Crippen molar-refractivity contribution in [1.82, 2.24) is 15.0 Å². The molecule has 0 aliphatic heterocycles. The first kappa shape index (κ1) is 8.90. The van der Waals surface area contributed by atoms with Gasteiger partial charge in [0, 0.05) is 11.5 Å². The monoisotopic (exact) mass is 257 g/mol. The first-order valence-electron chi connectivity index (χ1n) is 3.84. The molecular weight excluding hydrogens is 250 g/mol. The van der Waals surface area contributed by atoms with E-state index in [9.17, 15) is 0 Å². The Morgan fingerprint density at radius 1 is 1.54 bits per heavy atom. The van der Waals surface area contributed by atoms with Gasteiger partial charge in [0.2, 0.25) is 0 Å². The third-order valence-corrected chi connectivity index (χ3v) is 2.95. The van der Waals surface area contributed by atoms with E-state index in [1.807, 2.05) is 10.9 Å². The van der Waals surface area contributed by atoms with Gasteiger partial charge in [-0.2, -0.15) is 11.3 Å². The van der Waals surface area contributed by atoms with Crippen LogP contribution in [0.2, 0.25) is 0 Å². The molecule has 2 aromatic heterocycles. The highest BCUT2D eigenvalue weighted by atomic mass is 79.9. The van der Waals surface area contributed by atoms with E-state index in [4.69, 9.17) is 0 Å². The Hall–Kier alpha value is -0.680. The normalized spacial score (nSPS) is 10.5. The van der Waals surface area contributed by atoms with Crippen molar-refractivity contribution in [1.29, 1.82) is 0 Å². The number of nitrogens with zero attached hydrogens (tertiary/aromatic N) is 3. The van der Waals surface area contributed by atoms with Gasteiger partial charge >= 0.3 is 0 Å². The van der Waals surface area contributed by atoms with Crippen LogP contribution in [0.4, 0.5) is 0 Å². The zero-order valence-corrected chi connectivity index (χ0v) is 9.25. The number of alkyl halides is 1. The molecule has 2 heterocycles. The van der Waals surface area contributed by atoms with Crippen molar-refractivity contribution in [2.24, 2.45) is 0 Å². The van der Waals surface area contributed by atoms with Crippen LogP contribution in [0.15, 0.2) is 23.0 Å². The van der Waals surface area contributed by atoms with Crippen molar-refractivity contribution in [2.75, 3.05) is 0 Å². The van der Waals surface area contributed by atoms with Gasteiger partial charge < -0.3 is 0 Å². The van der Waals surface area contributed by atoms with Gasteiger partial charge in [-0.15, -0.1) is 5.10 Å². The molecule has 13 heavy (non-hydrogen) atoms. The van der Waals surface area contributed by atoms with Crippen LogP contribution in [0.5, 0.6) is 0 Å². The molecule has 0 saturated carbocycles. The fraction of sp³-hybridized carbons (Fsp3) is 0.250. The Balaban J connectivity index is 2.10. The number of rotatable bonds is 3. The number of halogens is 1. The van der Waals surface area contributed by atoms with Gasteiger partial charge in [0.25, 0.3) is 0 Å². The minimum Gasteiger partial charge on any atom is -0.248 e. The van der Waals surface area contributed by atoms with Gasteiger partial charge in [-0.3, -0.25) is 0 Å². The summed E-state index contributed by atoms with van der Waals surface area (Å²) in [6, 6.07) is 2.10. The van der Waals surface area contributed by atoms with Gasteiger partial charge in [-0.25, -0.2) is 4.68 Å². The maximum atomic E-state index is 4.00. The Kier molecular flexibility index (Phi) is 2.75. The summed E-state index contributed by atoms with van der Waals surface area (Å²) in [5, 5.41) is 12.9. The molecule has 0 aliphatic carbocycles. The molecule has 0 N–H and O–H groups in total. The van der Waals surface area contributed by atoms with Crippen molar-refractivity contribution >= 4 is 27.3 Å². The summed E-state index contributed by atoms with van der Waals surface area (Å²) in [4.78, 5) is 0. The van der Waals surface area contributed by atoms with Gasteiger partial charge in [-0.05, 0) is 22.4 Å². The quantitative estimate of drug-likeness (QED) is 0.791. The van der Waals surface area contributed by atoms with E-state index < -0.39 is 0 Å². The van der Waals surface area contributed by atoms with Gasteiger partial charge in [-0.1, -0.05) is 21.1 Å². The molecule has 0 amide bonds. The molecule has 0 aromatic carbocycles.